The van der Waals surface area contributed by atoms with Gasteiger partial charge in [-0.05, 0) is 43.7 Å². The summed E-state index contributed by atoms with van der Waals surface area (Å²) in [4.78, 5) is 2.26. The van der Waals surface area contributed by atoms with Crippen LogP contribution in [-0.4, -0.2) is 33.4 Å². The van der Waals surface area contributed by atoms with Gasteiger partial charge in [0, 0.05) is 31.9 Å². The number of benzene rings is 1. The highest BCUT2D eigenvalue weighted by atomic mass is 19.1. The van der Waals surface area contributed by atoms with Gasteiger partial charge in [0.2, 0.25) is 0 Å². The number of nitrogens with one attached hydrogen (secondary N) is 1. The highest BCUT2D eigenvalue weighted by Gasteiger charge is 2.16. The first-order valence-electron chi connectivity index (χ1n) is 7.35. The minimum Gasteiger partial charge on any atom is -0.383 e. The number of halogens is 1. The van der Waals surface area contributed by atoms with Gasteiger partial charge in [0.1, 0.15) is 5.82 Å². The Labute approximate surface area is 122 Å². The Morgan fingerprint density at radius 1 is 1.25 bits per heavy atom. The number of anilines is 1. The molecule has 1 rings (SSSR count). The van der Waals surface area contributed by atoms with Crippen LogP contribution in [-0.2, 0) is 11.3 Å². The minimum atomic E-state index is -0.180. The molecule has 0 aliphatic heterocycles. The van der Waals surface area contributed by atoms with Gasteiger partial charge in [-0.2, -0.15) is 0 Å². The maximum atomic E-state index is 13.8. The molecule has 0 spiro atoms. The second-order valence-corrected chi connectivity index (χ2v) is 5.00. The molecule has 3 nitrogen and oxygen atoms in total. The van der Waals surface area contributed by atoms with Crippen LogP contribution in [0.1, 0.15) is 32.3 Å². The molecule has 114 valence electrons. The zero-order valence-electron chi connectivity index (χ0n) is 13.1. The molecule has 1 aromatic rings. The zero-order valence-corrected chi connectivity index (χ0v) is 13.1. The Balaban J connectivity index is 3.04. The molecule has 0 aliphatic carbocycles. The molecule has 0 aliphatic rings. The summed E-state index contributed by atoms with van der Waals surface area (Å²) in [6.45, 7) is 6.44. The summed E-state index contributed by atoms with van der Waals surface area (Å²) in [5, 5.41) is 3.07. The van der Waals surface area contributed by atoms with Crippen molar-refractivity contribution in [1.29, 1.82) is 0 Å². The normalized spacial score (nSPS) is 11.1. The molecule has 0 amide bonds. The summed E-state index contributed by atoms with van der Waals surface area (Å²) in [7, 11) is 3.57. The first-order valence-corrected chi connectivity index (χ1v) is 7.35. The van der Waals surface area contributed by atoms with E-state index in [1.54, 1.807) is 19.2 Å². The number of nitrogens with zero attached hydrogens (tertiary/aromatic N) is 1. The number of methoxy groups -OCH3 is 1. The largest absolute Gasteiger partial charge is 0.383 e. The van der Waals surface area contributed by atoms with Gasteiger partial charge in [-0.25, -0.2) is 4.39 Å². The fraction of sp³-hybridized carbons (Fsp3) is 0.625. The summed E-state index contributed by atoms with van der Waals surface area (Å²) < 4.78 is 19.0. The van der Waals surface area contributed by atoms with Crippen LogP contribution >= 0.6 is 0 Å². The highest BCUT2D eigenvalue weighted by Crippen LogP contribution is 2.23. The quantitative estimate of drug-likeness (QED) is 0.753. The number of hydrogen-bond acceptors (Lipinski definition) is 3. The second-order valence-electron chi connectivity index (χ2n) is 5.00. The van der Waals surface area contributed by atoms with E-state index in [4.69, 9.17) is 4.74 Å². The molecule has 4 heteroatoms. The van der Waals surface area contributed by atoms with Gasteiger partial charge in [0.05, 0.1) is 6.61 Å². The van der Waals surface area contributed by atoms with Crippen LogP contribution in [0.3, 0.4) is 0 Å². The van der Waals surface area contributed by atoms with Crippen LogP contribution in [0, 0.1) is 5.82 Å². The third-order valence-electron chi connectivity index (χ3n) is 3.57. The van der Waals surface area contributed by atoms with E-state index < -0.39 is 0 Å². The molecule has 0 fully saturated rings. The van der Waals surface area contributed by atoms with Crippen molar-refractivity contribution in [2.45, 2.75) is 39.3 Å². The molecule has 0 saturated carbocycles. The topological polar surface area (TPSA) is 24.5 Å². The van der Waals surface area contributed by atoms with Crippen LogP contribution in [0.15, 0.2) is 18.2 Å². The van der Waals surface area contributed by atoms with Gasteiger partial charge >= 0.3 is 0 Å². The maximum absolute atomic E-state index is 13.8. The van der Waals surface area contributed by atoms with Crippen molar-refractivity contribution in [1.82, 2.24) is 5.32 Å². The third kappa shape index (κ3) is 4.76. The summed E-state index contributed by atoms with van der Waals surface area (Å²) >= 11 is 0. The summed E-state index contributed by atoms with van der Waals surface area (Å²) in [6, 6.07) is 5.68. The average molecular weight is 282 g/mol. The Hall–Kier alpha value is -1.13. The first kappa shape index (κ1) is 16.9. The van der Waals surface area contributed by atoms with E-state index in [1.165, 1.54) is 0 Å². The van der Waals surface area contributed by atoms with Crippen LogP contribution in [0.25, 0.3) is 0 Å². The summed E-state index contributed by atoms with van der Waals surface area (Å²) in [5.74, 6) is -0.180. The van der Waals surface area contributed by atoms with Crippen molar-refractivity contribution in [3.8, 4) is 0 Å². The average Bonchev–Trinajstić information content (AvgIpc) is 2.43. The monoisotopic (exact) mass is 282 g/mol. The molecule has 0 heterocycles. The van der Waals surface area contributed by atoms with E-state index in [9.17, 15) is 4.39 Å². The first-order chi connectivity index (χ1) is 9.65. The Kier molecular flexibility index (Phi) is 7.55. The lowest BCUT2D eigenvalue weighted by Gasteiger charge is -2.33. The Morgan fingerprint density at radius 2 is 1.95 bits per heavy atom. The lowest BCUT2D eigenvalue weighted by atomic mass is 10.1. The maximum Gasteiger partial charge on any atom is 0.125 e. The van der Waals surface area contributed by atoms with E-state index in [0.29, 0.717) is 19.2 Å². The molecule has 20 heavy (non-hydrogen) atoms. The molecule has 0 aromatic heterocycles. The van der Waals surface area contributed by atoms with Crippen molar-refractivity contribution >= 4 is 5.69 Å². The Morgan fingerprint density at radius 3 is 2.50 bits per heavy atom. The molecule has 1 aromatic carbocycles. The predicted octanol–water partition coefficient (Wildman–Crippen LogP) is 3.19. The molecule has 0 saturated heterocycles. The fourth-order valence-corrected chi connectivity index (χ4v) is 2.55. The van der Waals surface area contributed by atoms with Crippen LogP contribution in [0.5, 0.6) is 0 Å². The van der Waals surface area contributed by atoms with E-state index in [1.807, 2.05) is 7.05 Å². The predicted molar refractivity (Wildman–Crippen MR) is 82.8 cm³/mol. The molecule has 0 atom stereocenters. The van der Waals surface area contributed by atoms with Crippen molar-refractivity contribution in [2.75, 3.05) is 32.2 Å². The van der Waals surface area contributed by atoms with Gasteiger partial charge in [-0.3, -0.25) is 0 Å². The van der Waals surface area contributed by atoms with Crippen LogP contribution < -0.4 is 10.2 Å². The van der Waals surface area contributed by atoms with Gasteiger partial charge in [-0.15, -0.1) is 0 Å². The van der Waals surface area contributed by atoms with Gasteiger partial charge in [-0.1, -0.05) is 13.8 Å². The van der Waals surface area contributed by atoms with Gasteiger partial charge < -0.3 is 15.0 Å². The summed E-state index contributed by atoms with van der Waals surface area (Å²) in [6.07, 6.45) is 2.08. The van der Waals surface area contributed by atoms with Crippen LogP contribution in [0.4, 0.5) is 10.1 Å². The van der Waals surface area contributed by atoms with Gasteiger partial charge in [0.15, 0.2) is 0 Å². The third-order valence-corrected chi connectivity index (χ3v) is 3.57. The smallest absolute Gasteiger partial charge is 0.125 e. The van der Waals surface area contributed by atoms with E-state index >= 15 is 0 Å². The standard InChI is InChI=1S/C16H27FN2O/c1-5-15(6-2)19(7-8-20-4)16-10-13(12-18-3)9-14(17)11-16/h9-11,15,18H,5-8,12H2,1-4H3. The zero-order chi connectivity index (χ0) is 15.0. The second kappa shape index (κ2) is 8.93. The molecule has 1 N–H and O–H groups in total. The lowest BCUT2D eigenvalue weighted by Crippen LogP contribution is -2.37. The fourth-order valence-electron chi connectivity index (χ4n) is 2.55. The number of hydrogen-bond donors (Lipinski definition) is 1. The molecular formula is C16H27FN2O. The van der Waals surface area contributed by atoms with Crippen molar-refractivity contribution in [2.24, 2.45) is 0 Å². The molecule has 0 radical (unpaired) electrons. The number of rotatable bonds is 9. The van der Waals surface area contributed by atoms with Crippen LogP contribution in [0.2, 0.25) is 0 Å². The molecule has 0 bridgehead atoms. The molecular weight excluding hydrogens is 255 g/mol. The number of ether oxygens (including phenoxy) is 1. The Bertz CT molecular complexity index is 394. The van der Waals surface area contributed by atoms with Crippen molar-refractivity contribution < 1.29 is 9.13 Å². The summed E-state index contributed by atoms with van der Waals surface area (Å²) in [5.41, 5.74) is 1.91. The van der Waals surface area contributed by atoms with E-state index in [0.717, 1.165) is 30.6 Å². The van der Waals surface area contributed by atoms with E-state index in [2.05, 4.69) is 30.1 Å². The van der Waals surface area contributed by atoms with E-state index in [-0.39, 0.29) is 5.82 Å². The van der Waals surface area contributed by atoms with Crippen molar-refractivity contribution in [3.63, 3.8) is 0 Å². The molecule has 0 unspecified atom stereocenters. The minimum absolute atomic E-state index is 0.180. The SMILES string of the molecule is CCC(CC)N(CCOC)c1cc(F)cc(CNC)c1. The highest BCUT2D eigenvalue weighted by molar-refractivity contribution is 5.50. The lowest BCUT2D eigenvalue weighted by molar-refractivity contribution is 0.202. The van der Waals surface area contributed by atoms with Crippen molar-refractivity contribution in [3.05, 3.63) is 29.6 Å². The van der Waals surface area contributed by atoms with Gasteiger partial charge in [0.25, 0.3) is 0 Å².